The largest absolute Gasteiger partial charge is 0.348 e. The molecule has 0 bridgehead atoms. The number of piperidine rings is 1. The van der Waals surface area contributed by atoms with Crippen molar-refractivity contribution in [2.75, 3.05) is 26.2 Å². The number of hydrogen-bond donors (Lipinski definition) is 2. The number of benzene rings is 1. The van der Waals surface area contributed by atoms with Gasteiger partial charge in [-0.2, -0.15) is 0 Å². The summed E-state index contributed by atoms with van der Waals surface area (Å²) in [6.45, 7) is 6.83. The summed E-state index contributed by atoms with van der Waals surface area (Å²) in [4.78, 5) is 26.1. The van der Waals surface area contributed by atoms with E-state index in [9.17, 15) is 4.79 Å². The van der Waals surface area contributed by atoms with Crippen molar-refractivity contribution in [3.8, 4) is 0 Å². The van der Waals surface area contributed by atoms with Crippen LogP contribution in [0, 0.1) is 0 Å². The van der Waals surface area contributed by atoms with Crippen LogP contribution in [0.1, 0.15) is 48.7 Å². The molecule has 3 aliphatic rings. The lowest BCUT2D eigenvalue weighted by Gasteiger charge is -2.51. The van der Waals surface area contributed by atoms with Crippen LogP contribution >= 0.6 is 0 Å². The van der Waals surface area contributed by atoms with Crippen LogP contribution in [0.2, 0.25) is 0 Å². The quantitative estimate of drug-likeness (QED) is 0.839. The third-order valence-electron chi connectivity index (χ3n) is 7.17. The number of carbonyl (C=O) groups is 1. The Hall–Kier alpha value is -2.18. The van der Waals surface area contributed by atoms with E-state index in [1.54, 1.807) is 0 Å². The second-order valence-electron chi connectivity index (χ2n) is 8.73. The van der Waals surface area contributed by atoms with E-state index in [4.69, 9.17) is 4.98 Å². The van der Waals surface area contributed by atoms with Crippen LogP contribution in [0.5, 0.6) is 0 Å². The second-order valence-corrected chi connectivity index (χ2v) is 8.73. The fourth-order valence-corrected chi connectivity index (χ4v) is 5.62. The fourth-order valence-electron chi connectivity index (χ4n) is 5.62. The summed E-state index contributed by atoms with van der Waals surface area (Å²) in [6, 6.07) is 8.36. The molecule has 0 unspecified atom stereocenters. The predicted octanol–water partition coefficient (Wildman–Crippen LogP) is 2.21. The molecule has 5 rings (SSSR count). The van der Waals surface area contributed by atoms with Crippen LogP contribution in [0.25, 0.3) is 0 Å². The molecule has 0 aliphatic carbocycles. The van der Waals surface area contributed by atoms with Gasteiger partial charge < -0.3 is 15.2 Å². The van der Waals surface area contributed by atoms with Gasteiger partial charge in [0.1, 0.15) is 0 Å². The number of fused-ring (bicyclic) bond motifs is 3. The summed E-state index contributed by atoms with van der Waals surface area (Å²) in [5, 5.41) is 3.47. The van der Waals surface area contributed by atoms with E-state index in [0.29, 0.717) is 0 Å². The van der Waals surface area contributed by atoms with E-state index in [2.05, 4.69) is 51.3 Å². The number of carbonyl (C=O) groups excluding carboxylic acids is 1. The van der Waals surface area contributed by atoms with Gasteiger partial charge in [0.05, 0.1) is 23.6 Å². The Morgan fingerprint density at radius 3 is 2.79 bits per heavy atom. The summed E-state index contributed by atoms with van der Waals surface area (Å²) in [6.07, 6.45) is 6.78. The van der Waals surface area contributed by atoms with Crippen molar-refractivity contribution in [3.05, 3.63) is 53.1 Å². The monoisotopic (exact) mass is 393 g/mol. The molecule has 0 radical (unpaired) electrons. The number of nitrogens with one attached hydrogen (secondary N) is 2. The number of aromatic amines is 1. The Labute approximate surface area is 172 Å². The van der Waals surface area contributed by atoms with Gasteiger partial charge >= 0.3 is 0 Å². The first-order chi connectivity index (χ1) is 14.2. The number of aromatic nitrogens is 2. The van der Waals surface area contributed by atoms with Gasteiger partial charge in [-0.25, -0.2) is 4.98 Å². The fraction of sp³-hybridized carbons (Fsp3) is 0.565. The smallest absolute Gasteiger partial charge is 0.240 e. The summed E-state index contributed by atoms with van der Waals surface area (Å²) < 4.78 is 0. The number of amides is 1. The minimum Gasteiger partial charge on any atom is -0.348 e. The summed E-state index contributed by atoms with van der Waals surface area (Å²) in [7, 11) is 0. The highest BCUT2D eigenvalue weighted by Crippen LogP contribution is 2.42. The molecular formula is C23H31N5O. The van der Waals surface area contributed by atoms with Gasteiger partial charge in [0.25, 0.3) is 0 Å². The zero-order valence-corrected chi connectivity index (χ0v) is 17.3. The topological polar surface area (TPSA) is 64.3 Å². The van der Waals surface area contributed by atoms with E-state index >= 15 is 0 Å². The molecule has 2 aromatic rings. The van der Waals surface area contributed by atoms with E-state index in [-0.39, 0.29) is 17.5 Å². The summed E-state index contributed by atoms with van der Waals surface area (Å²) >= 11 is 0. The van der Waals surface area contributed by atoms with Crippen LogP contribution in [0.4, 0.5) is 0 Å². The van der Waals surface area contributed by atoms with E-state index in [0.717, 1.165) is 64.8 Å². The highest BCUT2D eigenvalue weighted by molar-refractivity contribution is 5.82. The molecule has 29 heavy (non-hydrogen) atoms. The molecule has 1 atom stereocenters. The number of likely N-dealkylation sites (tertiary alicyclic amines) is 1. The maximum atomic E-state index is 13.3. The maximum absolute atomic E-state index is 13.3. The first-order valence-corrected chi connectivity index (χ1v) is 11.1. The molecule has 0 saturated carbocycles. The number of H-pyrrole nitrogens is 1. The molecule has 4 heterocycles. The third-order valence-corrected chi connectivity index (χ3v) is 7.17. The average Bonchev–Trinajstić information content (AvgIpc) is 3.26. The molecule has 1 saturated heterocycles. The first kappa shape index (κ1) is 18.8. The summed E-state index contributed by atoms with van der Waals surface area (Å²) in [5.74, 6) is 0.259. The molecule has 1 fully saturated rings. The number of hydrogen-bond acceptors (Lipinski definition) is 4. The standard InChI is InChI=1S/C23H31N5O/c1-2-10-28-11-7-19-21(26-16-25-19)23(28)8-12-27(13-9-23)22(29)20-14-17-5-3-4-6-18(17)15-24-20/h3-6,16,20,24H,2,7-15H2,1H3,(H,25,26)/t20-/m1/s1. The molecule has 1 amide bonds. The Morgan fingerprint density at radius 1 is 1.21 bits per heavy atom. The van der Waals surface area contributed by atoms with Crippen LogP contribution in [0.3, 0.4) is 0 Å². The van der Waals surface area contributed by atoms with Crippen LogP contribution in [-0.2, 0) is 29.7 Å². The van der Waals surface area contributed by atoms with E-state index < -0.39 is 0 Å². The first-order valence-electron chi connectivity index (χ1n) is 11.1. The van der Waals surface area contributed by atoms with Crippen LogP contribution in [-0.4, -0.2) is 57.9 Å². The average molecular weight is 394 g/mol. The Kier molecular flexibility index (Phi) is 4.92. The van der Waals surface area contributed by atoms with Crippen molar-refractivity contribution < 1.29 is 4.79 Å². The van der Waals surface area contributed by atoms with Crippen molar-refractivity contribution in [1.29, 1.82) is 0 Å². The predicted molar refractivity (Wildman–Crippen MR) is 112 cm³/mol. The zero-order valence-electron chi connectivity index (χ0n) is 17.3. The van der Waals surface area contributed by atoms with Crippen LogP contribution < -0.4 is 5.32 Å². The highest BCUT2D eigenvalue weighted by atomic mass is 16.2. The number of imidazole rings is 1. The molecule has 6 nitrogen and oxygen atoms in total. The van der Waals surface area contributed by atoms with Crippen LogP contribution in [0.15, 0.2) is 30.6 Å². The second kappa shape index (κ2) is 7.58. The van der Waals surface area contributed by atoms with Gasteiger partial charge in [0, 0.05) is 38.3 Å². The van der Waals surface area contributed by atoms with Gasteiger partial charge in [-0.15, -0.1) is 0 Å². The number of nitrogens with zero attached hydrogens (tertiary/aromatic N) is 3. The van der Waals surface area contributed by atoms with Gasteiger partial charge in [0.2, 0.25) is 5.91 Å². The SMILES string of the molecule is CCCN1CCc2[nH]cnc2C12CCN(C(=O)[C@H]1Cc3ccccc3CN1)CC2. The minimum absolute atomic E-state index is 0.00698. The van der Waals surface area contributed by atoms with Gasteiger partial charge in [-0.3, -0.25) is 9.69 Å². The lowest BCUT2D eigenvalue weighted by atomic mass is 9.78. The number of rotatable bonds is 3. The maximum Gasteiger partial charge on any atom is 0.240 e. The molecule has 3 aliphatic heterocycles. The molecule has 1 aromatic heterocycles. The van der Waals surface area contributed by atoms with Crippen molar-refractivity contribution in [1.82, 2.24) is 25.1 Å². The molecule has 6 heteroatoms. The summed E-state index contributed by atoms with van der Waals surface area (Å²) in [5.41, 5.74) is 5.14. The van der Waals surface area contributed by atoms with Crippen molar-refractivity contribution in [2.24, 2.45) is 0 Å². The van der Waals surface area contributed by atoms with E-state index in [1.807, 2.05) is 6.33 Å². The van der Waals surface area contributed by atoms with Gasteiger partial charge in [-0.1, -0.05) is 31.2 Å². The normalized spacial score (nSPS) is 23.6. The highest BCUT2D eigenvalue weighted by Gasteiger charge is 2.47. The van der Waals surface area contributed by atoms with Crippen molar-refractivity contribution in [3.63, 3.8) is 0 Å². The van der Waals surface area contributed by atoms with Gasteiger partial charge in [0.15, 0.2) is 0 Å². The Morgan fingerprint density at radius 2 is 2.00 bits per heavy atom. The minimum atomic E-state index is -0.0991. The lowest BCUT2D eigenvalue weighted by molar-refractivity contribution is -0.137. The van der Waals surface area contributed by atoms with E-state index in [1.165, 1.54) is 22.5 Å². The Balaban J connectivity index is 1.31. The third kappa shape index (κ3) is 3.19. The van der Waals surface area contributed by atoms with Crippen molar-refractivity contribution in [2.45, 2.75) is 57.2 Å². The molecular weight excluding hydrogens is 362 g/mol. The molecule has 1 aromatic carbocycles. The Bertz CT molecular complexity index is 883. The zero-order chi connectivity index (χ0) is 19.8. The molecule has 2 N–H and O–H groups in total. The van der Waals surface area contributed by atoms with Gasteiger partial charge in [-0.05, 0) is 43.4 Å². The lowest BCUT2D eigenvalue weighted by Crippen LogP contribution is -2.59. The molecule has 1 spiro atoms. The van der Waals surface area contributed by atoms with Crippen molar-refractivity contribution >= 4 is 5.91 Å². The molecule has 154 valence electrons.